The lowest BCUT2D eigenvalue weighted by Gasteiger charge is -2.03. The molecule has 0 saturated heterocycles. The zero-order chi connectivity index (χ0) is 8.60. The molecule has 1 aromatic heterocycles. The van der Waals surface area contributed by atoms with Gasteiger partial charge in [0.05, 0.1) is 11.5 Å². The Bertz CT molecular complexity index is 333. The van der Waals surface area contributed by atoms with Gasteiger partial charge in [0.15, 0.2) is 0 Å². The molecular formula is C9H7FN2. The molecule has 0 aromatic carbocycles. The number of hydrogen-bond acceptors (Lipinski definition) is 2. The Morgan fingerprint density at radius 1 is 1.50 bits per heavy atom. The van der Waals surface area contributed by atoms with Crippen molar-refractivity contribution in [3.05, 3.63) is 29.8 Å². The van der Waals surface area contributed by atoms with Crippen LogP contribution in [0.5, 0.6) is 0 Å². The van der Waals surface area contributed by atoms with Crippen LogP contribution in [0.1, 0.15) is 18.4 Å². The first kappa shape index (κ1) is 7.23. The number of nitriles is 1. The maximum atomic E-state index is 12.4. The molecule has 3 heteroatoms. The van der Waals surface area contributed by atoms with Gasteiger partial charge in [-0.25, -0.2) is 4.98 Å². The minimum Gasteiger partial charge on any atom is -0.228 e. The number of hydrogen-bond donors (Lipinski definition) is 0. The predicted octanol–water partition coefficient (Wildman–Crippen LogP) is 1.78. The first-order valence-electron chi connectivity index (χ1n) is 3.80. The van der Waals surface area contributed by atoms with E-state index in [1.54, 1.807) is 6.07 Å². The van der Waals surface area contributed by atoms with Gasteiger partial charge in [-0.05, 0) is 24.5 Å². The zero-order valence-electron chi connectivity index (χ0n) is 6.42. The van der Waals surface area contributed by atoms with Crippen molar-refractivity contribution in [1.82, 2.24) is 4.98 Å². The third kappa shape index (κ3) is 0.964. The standard InChI is InChI=1S/C9H7FN2/c10-8-2-1-7(5-12-8)9(6-11)3-4-9/h1-2,5H,3-4H2. The third-order valence-corrected chi connectivity index (χ3v) is 2.24. The second kappa shape index (κ2) is 2.28. The second-order valence-corrected chi connectivity index (χ2v) is 3.06. The van der Waals surface area contributed by atoms with Crippen molar-refractivity contribution in [2.24, 2.45) is 0 Å². The molecule has 0 atom stereocenters. The van der Waals surface area contributed by atoms with Crippen LogP contribution in [0.25, 0.3) is 0 Å². The fourth-order valence-electron chi connectivity index (χ4n) is 1.25. The first-order valence-corrected chi connectivity index (χ1v) is 3.80. The molecule has 2 rings (SSSR count). The SMILES string of the molecule is N#CC1(c2ccc(F)nc2)CC1. The van der Waals surface area contributed by atoms with Crippen molar-refractivity contribution in [3.8, 4) is 6.07 Å². The highest BCUT2D eigenvalue weighted by molar-refractivity contribution is 5.36. The molecule has 0 bridgehead atoms. The van der Waals surface area contributed by atoms with Gasteiger partial charge in [-0.2, -0.15) is 9.65 Å². The van der Waals surface area contributed by atoms with Gasteiger partial charge in [-0.3, -0.25) is 0 Å². The molecule has 0 amide bonds. The predicted molar refractivity (Wildman–Crippen MR) is 40.7 cm³/mol. The summed E-state index contributed by atoms with van der Waals surface area (Å²) in [6.07, 6.45) is 3.19. The van der Waals surface area contributed by atoms with Gasteiger partial charge in [-0.1, -0.05) is 6.07 Å². The van der Waals surface area contributed by atoms with Gasteiger partial charge in [-0.15, -0.1) is 0 Å². The molecule has 0 N–H and O–H groups in total. The van der Waals surface area contributed by atoms with Gasteiger partial charge < -0.3 is 0 Å². The minimum atomic E-state index is -0.493. The summed E-state index contributed by atoms with van der Waals surface area (Å²) in [5.41, 5.74) is 0.493. The Balaban J connectivity index is 2.37. The third-order valence-electron chi connectivity index (χ3n) is 2.24. The van der Waals surface area contributed by atoms with Crippen LogP contribution in [-0.2, 0) is 5.41 Å². The molecule has 1 aromatic rings. The van der Waals surface area contributed by atoms with E-state index in [9.17, 15) is 4.39 Å². The zero-order valence-corrected chi connectivity index (χ0v) is 6.42. The molecule has 0 radical (unpaired) electrons. The molecule has 0 unspecified atom stereocenters. The highest BCUT2D eigenvalue weighted by Crippen LogP contribution is 2.47. The molecule has 1 fully saturated rings. The maximum absolute atomic E-state index is 12.4. The summed E-state index contributed by atoms with van der Waals surface area (Å²) in [5.74, 6) is -0.493. The van der Waals surface area contributed by atoms with Crippen molar-refractivity contribution in [3.63, 3.8) is 0 Å². The molecule has 1 aliphatic carbocycles. The molecule has 12 heavy (non-hydrogen) atoms. The van der Waals surface area contributed by atoms with E-state index >= 15 is 0 Å². The first-order chi connectivity index (χ1) is 5.77. The Morgan fingerprint density at radius 2 is 2.25 bits per heavy atom. The monoisotopic (exact) mass is 162 g/mol. The van der Waals surface area contributed by atoms with E-state index in [0.717, 1.165) is 18.4 Å². The largest absolute Gasteiger partial charge is 0.228 e. The van der Waals surface area contributed by atoms with Crippen molar-refractivity contribution in [2.45, 2.75) is 18.3 Å². The average Bonchev–Trinajstić information content (AvgIpc) is 2.86. The Labute approximate surface area is 69.7 Å². The molecule has 1 aliphatic rings. The van der Waals surface area contributed by atoms with Crippen LogP contribution in [0.15, 0.2) is 18.3 Å². The van der Waals surface area contributed by atoms with E-state index in [2.05, 4.69) is 11.1 Å². The van der Waals surface area contributed by atoms with Crippen LogP contribution in [-0.4, -0.2) is 4.98 Å². The van der Waals surface area contributed by atoms with Crippen molar-refractivity contribution in [2.75, 3.05) is 0 Å². The van der Waals surface area contributed by atoms with E-state index in [1.807, 2.05) is 0 Å². The smallest absolute Gasteiger partial charge is 0.212 e. The normalized spacial score (nSPS) is 18.3. The highest BCUT2D eigenvalue weighted by Gasteiger charge is 2.45. The molecule has 0 spiro atoms. The lowest BCUT2D eigenvalue weighted by atomic mass is 10.0. The molecule has 1 heterocycles. The van der Waals surface area contributed by atoms with Crippen molar-refractivity contribution >= 4 is 0 Å². The summed E-state index contributed by atoms with van der Waals surface area (Å²) in [6, 6.07) is 5.16. The lowest BCUT2D eigenvalue weighted by Crippen LogP contribution is -2.02. The lowest BCUT2D eigenvalue weighted by molar-refractivity contribution is 0.581. The summed E-state index contributed by atoms with van der Waals surface area (Å²) >= 11 is 0. The number of aromatic nitrogens is 1. The summed E-state index contributed by atoms with van der Waals surface area (Å²) in [5, 5.41) is 8.81. The molecule has 2 nitrogen and oxygen atoms in total. The van der Waals surface area contributed by atoms with Gasteiger partial charge in [0.1, 0.15) is 0 Å². The van der Waals surface area contributed by atoms with E-state index in [1.165, 1.54) is 12.3 Å². The van der Waals surface area contributed by atoms with Gasteiger partial charge in [0, 0.05) is 6.20 Å². The van der Waals surface area contributed by atoms with E-state index in [4.69, 9.17) is 5.26 Å². The fourth-order valence-corrected chi connectivity index (χ4v) is 1.25. The topological polar surface area (TPSA) is 36.7 Å². The second-order valence-electron chi connectivity index (χ2n) is 3.06. The molecular weight excluding hydrogens is 155 g/mol. The minimum absolute atomic E-state index is 0.347. The van der Waals surface area contributed by atoms with Crippen LogP contribution in [0, 0.1) is 17.3 Å². The van der Waals surface area contributed by atoms with Crippen LogP contribution in [0.4, 0.5) is 4.39 Å². The quantitative estimate of drug-likeness (QED) is 0.590. The van der Waals surface area contributed by atoms with Crippen LogP contribution >= 0.6 is 0 Å². The fraction of sp³-hybridized carbons (Fsp3) is 0.333. The molecule has 60 valence electrons. The summed E-state index contributed by atoms with van der Waals surface area (Å²) < 4.78 is 12.4. The Kier molecular flexibility index (Phi) is 1.37. The van der Waals surface area contributed by atoms with Crippen LogP contribution in [0.2, 0.25) is 0 Å². The number of pyridine rings is 1. The number of halogens is 1. The number of nitrogens with zero attached hydrogens (tertiary/aromatic N) is 2. The number of rotatable bonds is 1. The maximum Gasteiger partial charge on any atom is 0.212 e. The molecule has 1 saturated carbocycles. The van der Waals surface area contributed by atoms with Crippen molar-refractivity contribution in [1.29, 1.82) is 5.26 Å². The Hall–Kier alpha value is -1.43. The molecule has 0 aliphatic heterocycles. The van der Waals surface area contributed by atoms with Gasteiger partial charge >= 0.3 is 0 Å². The van der Waals surface area contributed by atoms with Crippen molar-refractivity contribution < 1.29 is 4.39 Å². The summed E-state index contributed by atoms with van der Waals surface area (Å²) in [4.78, 5) is 3.52. The van der Waals surface area contributed by atoms with E-state index in [0.29, 0.717) is 0 Å². The van der Waals surface area contributed by atoms with Gasteiger partial charge in [0.2, 0.25) is 5.95 Å². The van der Waals surface area contributed by atoms with Crippen LogP contribution in [0.3, 0.4) is 0 Å². The summed E-state index contributed by atoms with van der Waals surface area (Å²) in [6.45, 7) is 0. The summed E-state index contributed by atoms with van der Waals surface area (Å²) in [7, 11) is 0. The Morgan fingerprint density at radius 3 is 2.67 bits per heavy atom. The van der Waals surface area contributed by atoms with Crippen LogP contribution < -0.4 is 0 Å². The van der Waals surface area contributed by atoms with E-state index < -0.39 is 5.95 Å². The average molecular weight is 162 g/mol. The van der Waals surface area contributed by atoms with Gasteiger partial charge in [0.25, 0.3) is 0 Å². The van der Waals surface area contributed by atoms with E-state index in [-0.39, 0.29) is 5.41 Å². The highest BCUT2D eigenvalue weighted by atomic mass is 19.1.